The van der Waals surface area contributed by atoms with Gasteiger partial charge in [0, 0.05) is 0 Å². The summed E-state index contributed by atoms with van der Waals surface area (Å²) in [5.41, 5.74) is 2.55. The van der Waals surface area contributed by atoms with Crippen LogP contribution in [0.3, 0.4) is 0 Å². The Balaban J connectivity index is 0.000000450. The van der Waals surface area contributed by atoms with E-state index in [1.807, 2.05) is 12.1 Å². The van der Waals surface area contributed by atoms with E-state index in [1.165, 1.54) is 24.7 Å². The quantitative estimate of drug-likeness (QED) is 0.659. The maximum absolute atomic E-state index is 5.75. The molecule has 2 aromatic rings. The van der Waals surface area contributed by atoms with Crippen LogP contribution >= 0.6 is 0 Å². The van der Waals surface area contributed by atoms with Crippen LogP contribution in [0.4, 0.5) is 0 Å². The van der Waals surface area contributed by atoms with E-state index in [9.17, 15) is 0 Å². The molecule has 0 fully saturated rings. The van der Waals surface area contributed by atoms with Gasteiger partial charge in [-0.2, -0.15) is 0 Å². The van der Waals surface area contributed by atoms with Gasteiger partial charge in [0.15, 0.2) is 0 Å². The Bertz CT molecular complexity index is 316. The fourth-order valence-electron chi connectivity index (χ4n) is 1.26. The van der Waals surface area contributed by atoms with E-state index in [1.54, 1.807) is 0 Å². The van der Waals surface area contributed by atoms with Crippen molar-refractivity contribution in [1.82, 2.24) is 0 Å². The summed E-state index contributed by atoms with van der Waals surface area (Å²) in [6, 6.07) is 20.8. The lowest BCUT2D eigenvalue weighted by Crippen LogP contribution is -1.73. The Morgan fingerprint density at radius 2 is 0.882 bits per heavy atom. The van der Waals surface area contributed by atoms with Gasteiger partial charge in [0.25, 0.3) is 0 Å². The van der Waals surface area contributed by atoms with Gasteiger partial charge in [-0.15, -0.1) is 0 Å². The molecule has 0 aliphatic carbocycles. The zero-order valence-electron chi connectivity index (χ0n) is 11.0. The molecular weight excluding hydrogens is 208 g/mol. The van der Waals surface area contributed by atoms with Crippen molar-refractivity contribution in [2.75, 3.05) is 7.11 Å². The summed E-state index contributed by atoms with van der Waals surface area (Å²) in [5, 5.41) is 5.75. The average molecular weight is 231 g/mol. The lowest BCUT2D eigenvalue weighted by Gasteiger charge is -1.98. The third-order valence-electron chi connectivity index (χ3n) is 1.88. The van der Waals surface area contributed by atoms with Gasteiger partial charge >= 0.3 is 0 Å². The fourth-order valence-corrected chi connectivity index (χ4v) is 1.26. The Labute approximate surface area is 105 Å². The molecular formula is C16H23O+. The van der Waals surface area contributed by atoms with Crippen LogP contribution in [0, 0.1) is 0 Å². The second-order valence-corrected chi connectivity index (χ2v) is 3.44. The third-order valence-corrected chi connectivity index (χ3v) is 1.88. The predicted molar refractivity (Wildman–Crippen MR) is 77.4 cm³/mol. The van der Waals surface area contributed by atoms with E-state index in [2.05, 4.69) is 62.4 Å². The van der Waals surface area contributed by atoms with Crippen molar-refractivity contribution in [3.8, 4) is 11.1 Å². The van der Waals surface area contributed by atoms with Crippen LogP contribution in [0.1, 0.15) is 20.3 Å². The van der Waals surface area contributed by atoms with Crippen molar-refractivity contribution >= 4 is 0 Å². The van der Waals surface area contributed by atoms with Crippen LogP contribution in [0.2, 0.25) is 0 Å². The molecule has 0 aliphatic rings. The van der Waals surface area contributed by atoms with Crippen molar-refractivity contribution in [2.45, 2.75) is 20.3 Å². The largest absolute Gasteiger partial charge is 0.448 e. The summed E-state index contributed by atoms with van der Waals surface area (Å²) in [5.74, 6) is 0. The summed E-state index contributed by atoms with van der Waals surface area (Å²) in [7, 11) is 1.25. The molecule has 92 valence electrons. The standard InChI is InChI=1S/C12H10.C3H8.CH4O/c1-3-7-11(8-4-1)12-9-5-2-6-10-12;1-3-2;1-2/h1-10H;3H2,1-2H3;2H,1H3/p+1. The SMILES string of the molecule is CCC.C[OH2+].c1ccc(-c2ccccc2)cc1. The van der Waals surface area contributed by atoms with Gasteiger partial charge in [-0.3, -0.25) is 0 Å². The molecule has 2 rings (SSSR count). The smallest absolute Gasteiger partial charge is 0.133 e. The summed E-state index contributed by atoms with van der Waals surface area (Å²) < 4.78 is 0. The highest BCUT2D eigenvalue weighted by molar-refractivity contribution is 5.62. The maximum Gasteiger partial charge on any atom is 0.133 e. The van der Waals surface area contributed by atoms with Crippen LogP contribution in [0.25, 0.3) is 11.1 Å². The first-order valence-corrected chi connectivity index (χ1v) is 5.99. The minimum atomic E-state index is 1.25. The van der Waals surface area contributed by atoms with Gasteiger partial charge in [0.1, 0.15) is 7.11 Å². The van der Waals surface area contributed by atoms with Crippen molar-refractivity contribution in [2.24, 2.45) is 0 Å². The molecule has 0 atom stereocenters. The van der Waals surface area contributed by atoms with Crippen molar-refractivity contribution in [1.29, 1.82) is 0 Å². The molecule has 0 aliphatic heterocycles. The second-order valence-electron chi connectivity index (χ2n) is 3.44. The molecule has 1 heteroatoms. The molecule has 0 amide bonds. The normalized spacial score (nSPS) is 8.24. The Morgan fingerprint density at radius 1 is 0.647 bits per heavy atom. The highest BCUT2D eigenvalue weighted by Crippen LogP contribution is 2.17. The second kappa shape index (κ2) is 10.9. The van der Waals surface area contributed by atoms with Crippen molar-refractivity contribution in [3.63, 3.8) is 0 Å². The topological polar surface area (TPSA) is 22.9 Å². The Morgan fingerprint density at radius 3 is 1.12 bits per heavy atom. The van der Waals surface area contributed by atoms with E-state index in [0.29, 0.717) is 0 Å². The lowest BCUT2D eigenvalue weighted by molar-refractivity contribution is 0.399. The summed E-state index contributed by atoms with van der Waals surface area (Å²) in [6.07, 6.45) is 1.25. The van der Waals surface area contributed by atoms with E-state index in [-0.39, 0.29) is 0 Å². The monoisotopic (exact) mass is 231 g/mol. The minimum absolute atomic E-state index is 1.25. The molecule has 1 nitrogen and oxygen atoms in total. The molecule has 0 saturated carbocycles. The first-order valence-electron chi connectivity index (χ1n) is 5.99. The molecule has 17 heavy (non-hydrogen) atoms. The van der Waals surface area contributed by atoms with Crippen molar-refractivity contribution in [3.05, 3.63) is 60.7 Å². The number of rotatable bonds is 1. The van der Waals surface area contributed by atoms with Crippen LogP contribution in [-0.4, -0.2) is 12.2 Å². The fraction of sp³-hybridized carbons (Fsp3) is 0.250. The number of hydrogen-bond acceptors (Lipinski definition) is 0. The van der Waals surface area contributed by atoms with Crippen LogP contribution in [-0.2, 0) is 0 Å². The number of hydrogen-bond donors (Lipinski definition) is 0. The van der Waals surface area contributed by atoms with Crippen LogP contribution < -0.4 is 0 Å². The van der Waals surface area contributed by atoms with Gasteiger partial charge in [0.05, 0.1) is 0 Å². The van der Waals surface area contributed by atoms with Gasteiger partial charge in [-0.25, -0.2) is 0 Å². The highest BCUT2D eigenvalue weighted by Gasteiger charge is 1.91. The molecule has 0 saturated heterocycles. The number of benzene rings is 2. The first-order chi connectivity index (χ1) is 8.38. The van der Waals surface area contributed by atoms with E-state index < -0.39 is 0 Å². The van der Waals surface area contributed by atoms with Crippen molar-refractivity contribution < 1.29 is 5.11 Å². The van der Waals surface area contributed by atoms with Gasteiger partial charge < -0.3 is 5.11 Å². The third kappa shape index (κ3) is 6.54. The van der Waals surface area contributed by atoms with Crippen LogP contribution in [0.15, 0.2) is 60.7 Å². The summed E-state index contributed by atoms with van der Waals surface area (Å²) in [4.78, 5) is 0. The van der Waals surface area contributed by atoms with E-state index in [0.717, 1.165) is 0 Å². The minimum Gasteiger partial charge on any atom is -0.448 e. The van der Waals surface area contributed by atoms with Gasteiger partial charge in [0.2, 0.25) is 0 Å². The maximum atomic E-state index is 5.75. The Kier molecular flexibility index (Phi) is 9.88. The zero-order chi connectivity index (χ0) is 12.9. The molecule has 2 N–H and O–H groups in total. The highest BCUT2D eigenvalue weighted by atomic mass is 16.2. The molecule has 0 aromatic heterocycles. The summed E-state index contributed by atoms with van der Waals surface area (Å²) in [6.45, 7) is 4.25. The molecule has 2 aromatic carbocycles. The molecule has 0 heterocycles. The Hall–Kier alpha value is -1.60. The first kappa shape index (κ1) is 15.4. The van der Waals surface area contributed by atoms with E-state index >= 15 is 0 Å². The zero-order valence-corrected chi connectivity index (χ0v) is 11.0. The van der Waals surface area contributed by atoms with Gasteiger partial charge in [-0.1, -0.05) is 80.9 Å². The van der Waals surface area contributed by atoms with Crippen LogP contribution in [0.5, 0.6) is 0 Å². The molecule has 0 radical (unpaired) electrons. The molecule has 0 unspecified atom stereocenters. The summed E-state index contributed by atoms with van der Waals surface area (Å²) >= 11 is 0. The average Bonchev–Trinajstić information content (AvgIpc) is 2.44. The lowest BCUT2D eigenvalue weighted by atomic mass is 10.1. The molecule has 0 spiro atoms. The predicted octanol–water partition coefficient (Wildman–Crippen LogP) is 4.11. The molecule has 0 bridgehead atoms. The van der Waals surface area contributed by atoms with E-state index in [4.69, 9.17) is 5.11 Å². The van der Waals surface area contributed by atoms with Gasteiger partial charge in [-0.05, 0) is 11.1 Å².